The van der Waals surface area contributed by atoms with E-state index in [9.17, 15) is 0 Å². The van der Waals surface area contributed by atoms with E-state index in [1.165, 1.54) is 16.4 Å². The van der Waals surface area contributed by atoms with Crippen LogP contribution in [0.3, 0.4) is 0 Å². The molecule has 3 aliphatic heterocycles. The number of thioether (sulfide) groups is 2. The second-order valence-electron chi connectivity index (χ2n) is 2.61. The van der Waals surface area contributed by atoms with Crippen molar-refractivity contribution in [3.05, 3.63) is 23.3 Å². The van der Waals surface area contributed by atoms with Crippen molar-refractivity contribution in [2.45, 2.75) is 21.3 Å². The van der Waals surface area contributed by atoms with Gasteiger partial charge in [0.05, 0.1) is 0 Å². The molecule has 0 spiro atoms. The van der Waals surface area contributed by atoms with Crippen LogP contribution in [0.1, 0.15) is 11.1 Å². The minimum atomic E-state index is 1.23. The Balaban J connectivity index is 2.43. The fourth-order valence-corrected chi connectivity index (χ4v) is 3.75. The van der Waals surface area contributed by atoms with Crippen molar-refractivity contribution in [1.29, 1.82) is 0 Å². The molecular weight excluding hydrogens is 160 g/mol. The van der Waals surface area contributed by atoms with Gasteiger partial charge in [0.2, 0.25) is 0 Å². The molecule has 10 heavy (non-hydrogen) atoms. The first-order chi connectivity index (χ1) is 4.95. The molecule has 0 radical (unpaired) electrons. The van der Waals surface area contributed by atoms with E-state index < -0.39 is 0 Å². The lowest BCUT2D eigenvalue weighted by molar-refractivity contribution is 1.03. The third-order valence-corrected chi connectivity index (χ3v) is 4.49. The van der Waals surface area contributed by atoms with E-state index in [-0.39, 0.29) is 0 Å². The van der Waals surface area contributed by atoms with Gasteiger partial charge in [-0.3, -0.25) is 0 Å². The summed E-state index contributed by atoms with van der Waals surface area (Å²) < 4.78 is 0. The summed E-state index contributed by atoms with van der Waals surface area (Å²) in [5.41, 5.74) is 3.22. The molecule has 0 atom stereocenters. The molecule has 2 bridgehead atoms. The van der Waals surface area contributed by atoms with Gasteiger partial charge < -0.3 is 0 Å². The Morgan fingerprint density at radius 1 is 1.10 bits per heavy atom. The van der Waals surface area contributed by atoms with Crippen LogP contribution in [0.2, 0.25) is 0 Å². The molecule has 1 aromatic carbocycles. The van der Waals surface area contributed by atoms with Crippen LogP contribution in [0.15, 0.2) is 21.9 Å². The highest BCUT2D eigenvalue weighted by atomic mass is 32.2. The van der Waals surface area contributed by atoms with E-state index in [0.29, 0.717) is 0 Å². The summed E-state index contributed by atoms with van der Waals surface area (Å²) in [5.74, 6) is 2.49. The molecule has 0 aromatic heterocycles. The van der Waals surface area contributed by atoms with Gasteiger partial charge in [0, 0.05) is 21.3 Å². The van der Waals surface area contributed by atoms with E-state index in [0.717, 1.165) is 0 Å². The number of hydrogen-bond acceptors (Lipinski definition) is 2. The summed E-state index contributed by atoms with van der Waals surface area (Å²) in [6.07, 6.45) is 0. The standard InChI is InChI=1S/C8H6S2/c1-2-7-8-6(4-10-8)5(1)3-9-7/h1-2H,3-4H2. The van der Waals surface area contributed by atoms with E-state index >= 15 is 0 Å². The molecule has 0 amide bonds. The Labute approximate surface area is 68.4 Å². The van der Waals surface area contributed by atoms with Gasteiger partial charge in [0.1, 0.15) is 0 Å². The van der Waals surface area contributed by atoms with Crippen LogP contribution in [0.5, 0.6) is 0 Å². The predicted octanol–water partition coefficient (Wildman–Crippen LogP) is 2.90. The average molecular weight is 166 g/mol. The van der Waals surface area contributed by atoms with Gasteiger partial charge in [0.15, 0.2) is 0 Å². The Kier molecular flexibility index (Phi) is 0.968. The Morgan fingerprint density at radius 3 is 2.40 bits per heavy atom. The van der Waals surface area contributed by atoms with Crippen molar-refractivity contribution >= 4 is 23.5 Å². The monoisotopic (exact) mass is 166 g/mol. The van der Waals surface area contributed by atoms with Crippen molar-refractivity contribution < 1.29 is 0 Å². The van der Waals surface area contributed by atoms with Crippen LogP contribution in [-0.4, -0.2) is 0 Å². The van der Waals surface area contributed by atoms with Crippen LogP contribution in [0.25, 0.3) is 0 Å². The zero-order chi connectivity index (χ0) is 6.55. The Bertz CT molecular complexity index is 273. The number of fused-ring (bicyclic) bond motifs is 2. The molecule has 0 unspecified atom stereocenters. The average Bonchev–Trinajstić information content (AvgIpc) is 1.88. The fraction of sp³-hybridized carbons (Fsp3) is 0.250. The van der Waals surface area contributed by atoms with Crippen LogP contribution < -0.4 is 0 Å². The number of rotatable bonds is 0. The minimum absolute atomic E-state index is 1.23. The lowest BCUT2D eigenvalue weighted by Gasteiger charge is -2.29. The molecule has 4 rings (SSSR count). The van der Waals surface area contributed by atoms with E-state index in [2.05, 4.69) is 12.1 Å². The maximum absolute atomic E-state index is 2.28. The van der Waals surface area contributed by atoms with Gasteiger partial charge in [-0.25, -0.2) is 0 Å². The van der Waals surface area contributed by atoms with Crippen LogP contribution in [-0.2, 0) is 11.5 Å². The molecule has 2 heteroatoms. The van der Waals surface area contributed by atoms with Gasteiger partial charge in [-0.1, -0.05) is 6.07 Å². The van der Waals surface area contributed by atoms with Gasteiger partial charge in [-0.05, 0) is 17.2 Å². The Morgan fingerprint density at radius 2 is 2.10 bits per heavy atom. The van der Waals surface area contributed by atoms with Crippen molar-refractivity contribution in [2.75, 3.05) is 0 Å². The maximum Gasteiger partial charge on any atom is 0.0255 e. The van der Waals surface area contributed by atoms with Crippen molar-refractivity contribution in [3.8, 4) is 0 Å². The first kappa shape index (κ1) is 5.56. The molecule has 1 aromatic rings. The highest BCUT2D eigenvalue weighted by molar-refractivity contribution is 8.02. The van der Waals surface area contributed by atoms with E-state index in [4.69, 9.17) is 0 Å². The number of hydrogen-bond donors (Lipinski definition) is 0. The normalized spacial score (nSPS) is 18.4. The summed E-state index contributed by atoms with van der Waals surface area (Å²) in [7, 11) is 0. The van der Waals surface area contributed by atoms with Crippen molar-refractivity contribution in [3.63, 3.8) is 0 Å². The lowest BCUT2D eigenvalue weighted by atomic mass is 10.1. The van der Waals surface area contributed by atoms with Gasteiger partial charge >= 0.3 is 0 Å². The Hall–Kier alpha value is -0.0800. The highest BCUT2D eigenvalue weighted by Crippen LogP contribution is 2.50. The summed E-state index contributed by atoms with van der Waals surface area (Å²) in [5, 5.41) is 0. The quantitative estimate of drug-likeness (QED) is 0.581. The smallest absolute Gasteiger partial charge is 0.0255 e. The van der Waals surface area contributed by atoms with Gasteiger partial charge in [0.25, 0.3) is 0 Å². The zero-order valence-corrected chi connectivity index (χ0v) is 7.02. The molecule has 50 valence electrons. The van der Waals surface area contributed by atoms with Crippen molar-refractivity contribution in [1.82, 2.24) is 0 Å². The van der Waals surface area contributed by atoms with Crippen molar-refractivity contribution in [2.24, 2.45) is 0 Å². The maximum atomic E-state index is 2.28. The molecule has 3 heterocycles. The molecule has 0 N–H and O–H groups in total. The second kappa shape index (κ2) is 1.74. The van der Waals surface area contributed by atoms with E-state index in [1.807, 2.05) is 23.5 Å². The largest absolute Gasteiger partial charge is 0.120 e. The predicted molar refractivity (Wildman–Crippen MR) is 45.6 cm³/mol. The molecular formula is C8H6S2. The first-order valence-corrected chi connectivity index (χ1v) is 5.32. The summed E-state index contributed by atoms with van der Waals surface area (Å²) >= 11 is 3.99. The third-order valence-electron chi connectivity index (χ3n) is 2.07. The molecule has 0 fully saturated rings. The third kappa shape index (κ3) is 0.523. The summed E-state index contributed by atoms with van der Waals surface area (Å²) in [6.45, 7) is 0. The SMILES string of the molecule is c1cc2c3c(c1CS2)CS3. The summed E-state index contributed by atoms with van der Waals surface area (Å²) in [4.78, 5) is 3.09. The second-order valence-corrected chi connectivity index (χ2v) is 4.61. The van der Waals surface area contributed by atoms with E-state index in [1.54, 1.807) is 16.0 Å². The zero-order valence-electron chi connectivity index (χ0n) is 5.39. The molecule has 0 nitrogen and oxygen atoms in total. The van der Waals surface area contributed by atoms with Gasteiger partial charge in [-0.15, -0.1) is 23.5 Å². The van der Waals surface area contributed by atoms with Crippen LogP contribution in [0, 0.1) is 0 Å². The number of benzene rings is 1. The van der Waals surface area contributed by atoms with Crippen LogP contribution in [0.4, 0.5) is 0 Å². The highest BCUT2D eigenvalue weighted by Gasteiger charge is 2.25. The van der Waals surface area contributed by atoms with Gasteiger partial charge in [-0.2, -0.15) is 0 Å². The molecule has 0 aliphatic carbocycles. The lowest BCUT2D eigenvalue weighted by Crippen LogP contribution is -2.07. The first-order valence-electron chi connectivity index (χ1n) is 3.35. The molecule has 0 saturated heterocycles. The van der Waals surface area contributed by atoms with Crippen LogP contribution >= 0.6 is 23.5 Å². The molecule has 0 saturated carbocycles. The fourth-order valence-electron chi connectivity index (χ4n) is 1.43. The summed E-state index contributed by atoms with van der Waals surface area (Å²) in [6, 6.07) is 4.54. The minimum Gasteiger partial charge on any atom is -0.120 e. The topological polar surface area (TPSA) is 0 Å². The molecule has 3 aliphatic rings.